The Balaban J connectivity index is 1.97. The lowest BCUT2D eigenvalue weighted by Gasteiger charge is -2.39. The molecule has 80 valence electrons. The molecule has 0 radical (unpaired) electrons. The Labute approximate surface area is 83.9 Å². The van der Waals surface area contributed by atoms with Crippen molar-refractivity contribution in [3.63, 3.8) is 0 Å². The summed E-state index contributed by atoms with van der Waals surface area (Å²) >= 11 is 0. The standard InChI is InChI=1S/C10H17NO3/c1-9(8-11-12)2-4-10(5-3-9)13-6-7-14-10/h8,12H,2-7H2,1H3/b11-8-. The molecule has 1 spiro atoms. The molecule has 1 aliphatic heterocycles. The fourth-order valence-electron chi connectivity index (χ4n) is 2.26. The van der Waals surface area contributed by atoms with E-state index in [1.807, 2.05) is 0 Å². The number of hydrogen-bond donors (Lipinski definition) is 1. The van der Waals surface area contributed by atoms with Crippen LogP contribution in [0.15, 0.2) is 5.16 Å². The average Bonchev–Trinajstić information content (AvgIpc) is 2.61. The molecule has 1 N–H and O–H groups in total. The van der Waals surface area contributed by atoms with Crippen molar-refractivity contribution in [3.8, 4) is 0 Å². The van der Waals surface area contributed by atoms with Gasteiger partial charge in [-0.25, -0.2) is 0 Å². The first kappa shape index (κ1) is 9.93. The van der Waals surface area contributed by atoms with Crippen molar-refractivity contribution in [2.75, 3.05) is 13.2 Å². The second-order valence-electron chi connectivity index (χ2n) is 4.51. The first-order valence-electron chi connectivity index (χ1n) is 5.15. The fraction of sp³-hybridized carbons (Fsp3) is 0.900. The molecule has 0 aromatic heterocycles. The van der Waals surface area contributed by atoms with Crippen molar-refractivity contribution >= 4 is 6.21 Å². The maximum Gasteiger partial charge on any atom is 0.168 e. The molecule has 2 rings (SSSR count). The van der Waals surface area contributed by atoms with Crippen LogP contribution >= 0.6 is 0 Å². The molecule has 2 aliphatic rings. The van der Waals surface area contributed by atoms with Gasteiger partial charge >= 0.3 is 0 Å². The first-order chi connectivity index (χ1) is 6.68. The summed E-state index contributed by atoms with van der Waals surface area (Å²) in [4.78, 5) is 0. The monoisotopic (exact) mass is 199 g/mol. The molecular weight excluding hydrogens is 182 g/mol. The van der Waals surface area contributed by atoms with Gasteiger partial charge in [-0.15, -0.1) is 5.16 Å². The van der Waals surface area contributed by atoms with Crippen molar-refractivity contribution in [3.05, 3.63) is 0 Å². The van der Waals surface area contributed by atoms with E-state index in [1.165, 1.54) is 0 Å². The minimum Gasteiger partial charge on any atom is -0.411 e. The molecule has 0 atom stereocenters. The summed E-state index contributed by atoms with van der Waals surface area (Å²) in [6.07, 6.45) is 5.34. The van der Waals surface area contributed by atoms with Gasteiger partial charge in [0.2, 0.25) is 0 Å². The van der Waals surface area contributed by atoms with E-state index in [9.17, 15) is 0 Å². The van der Waals surface area contributed by atoms with Crippen LogP contribution in [0.4, 0.5) is 0 Å². The molecule has 4 heteroatoms. The SMILES string of the molecule is CC1(/C=N\O)CCC2(CC1)OCCO2. The van der Waals surface area contributed by atoms with Crippen LogP contribution in [0, 0.1) is 5.41 Å². The molecule has 1 heterocycles. The van der Waals surface area contributed by atoms with E-state index < -0.39 is 0 Å². The van der Waals surface area contributed by atoms with E-state index >= 15 is 0 Å². The van der Waals surface area contributed by atoms with E-state index in [-0.39, 0.29) is 11.2 Å². The van der Waals surface area contributed by atoms with Gasteiger partial charge in [0.25, 0.3) is 0 Å². The molecule has 2 fully saturated rings. The maximum absolute atomic E-state index is 8.55. The molecule has 0 unspecified atom stereocenters. The van der Waals surface area contributed by atoms with Gasteiger partial charge in [-0.05, 0) is 12.8 Å². The number of ether oxygens (including phenoxy) is 2. The summed E-state index contributed by atoms with van der Waals surface area (Å²) in [6, 6.07) is 0. The molecule has 0 aromatic carbocycles. The normalized spacial score (nSPS) is 30.1. The summed E-state index contributed by atoms with van der Waals surface area (Å²) in [5.41, 5.74) is 0.00924. The second-order valence-corrected chi connectivity index (χ2v) is 4.51. The number of nitrogens with zero attached hydrogens (tertiary/aromatic N) is 1. The third-order valence-corrected chi connectivity index (χ3v) is 3.34. The second kappa shape index (κ2) is 3.51. The highest BCUT2D eigenvalue weighted by Crippen LogP contribution is 2.43. The van der Waals surface area contributed by atoms with Crippen molar-refractivity contribution in [2.45, 2.75) is 38.4 Å². The lowest BCUT2D eigenvalue weighted by Crippen LogP contribution is -2.39. The highest BCUT2D eigenvalue weighted by atomic mass is 16.7. The van der Waals surface area contributed by atoms with Gasteiger partial charge in [0.1, 0.15) is 0 Å². The molecule has 1 saturated carbocycles. The van der Waals surface area contributed by atoms with Gasteiger partial charge in [0.05, 0.1) is 13.2 Å². The zero-order valence-corrected chi connectivity index (χ0v) is 8.53. The van der Waals surface area contributed by atoms with E-state index in [1.54, 1.807) is 6.21 Å². The third-order valence-electron chi connectivity index (χ3n) is 3.34. The number of rotatable bonds is 1. The van der Waals surface area contributed by atoms with Crippen LogP contribution < -0.4 is 0 Å². The summed E-state index contributed by atoms with van der Waals surface area (Å²) in [5.74, 6) is -0.317. The summed E-state index contributed by atoms with van der Waals surface area (Å²) in [6.45, 7) is 3.53. The molecule has 0 bridgehead atoms. The topological polar surface area (TPSA) is 51.1 Å². The molecule has 1 saturated heterocycles. The summed E-state index contributed by atoms with van der Waals surface area (Å²) in [5, 5.41) is 11.7. The summed E-state index contributed by atoms with van der Waals surface area (Å²) < 4.78 is 11.2. The fourth-order valence-corrected chi connectivity index (χ4v) is 2.26. The Morgan fingerprint density at radius 1 is 1.14 bits per heavy atom. The van der Waals surface area contributed by atoms with Crippen LogP contribution in [-0.2, 0) is 9.47 Å². The molecule has 0 amide bonds. The average molecular weight is 199 g/mol. The Morgan fingerprint density at radius 3 is 2.21 bits per heavy atom. The van der Waals surface area contributed by atoms with E-state index in [0.29, 0.717) is 13.2 Å². The number of oxime groups is 1. The Morgan fingerprint density at radius 2 is 1.71 bits per heavy atom. The van der Waals surface area contributed by atoms with Crippen LogP contribution in [0.3, 0.4) is 0 Å². The highest BCUT2D eigenvalue weighted by Gasteiger charge is 2.43. The molecule has 0 aromatic rings. The van der Waals surface area contributed by atoms with Gasteiger partial charge in [0.15, 0.2) is 5.79 Å². The van der Waals surface area contributed by atoms with Crippen LogP contribution in [0.5, 0.6) is 0 Å². The van der Waals surface area contributed by atoms with Gasteiger partial charge in [0, 0.05) is 24.5 Å². The Bertz CT molecular complexity index is 224. The van der Waals surface area contributed by atoms with Gasteiger partial charge in [-0.3, -0.25) is 0 Å². The zero-order chi connectivity index (χ0) is 10.1. The molecular formula is C10H17NO3. The first-order valence-corrected chi connectivity index (χ1v) is 5.15. The molecule has 14 heavy (non-hydrogen) atoms. The van der Waals surface area contributed by atoms with Crippen molar-refractivity contribution in [1.29, 1.82) is 0 Å². The smallest absolute Gasteiger partial charge is 0.168 e. The van der Waals surface area contributed by atoms with Gasteiger partial charge < -0.3 is 14.7 Å². The number of hydrogen-bond acceptors (Lipinski definition) is 4. The van der Waals surface area contributed by atoms with Crippen LogP contribution in [0.2, 0.25) is 0 Å². The predicted octanol–water partition coefficient (Wildman–Crippen LogP) is 1.77. The van der Waals surface area contributed by atoms with E-state index in [2.05, 4.69) is 12.1 Å². The third kappa shape index (κ3) is 1.77. The van der Waals surface area contributed by atoms with Gasteiger partial charge in [-0.2, -0.15) is 0 Å². The van der Waals surface area contributed by atoms with Crippen LogP contribution in [0.1, 0.15) is 32.6 Å². The quantitative estimate of drug-likeness (QED) is 0.398. The molecule has 4 nitrogen and oxygen atoms in total. The van der Waals surface area contributed by atoms with Crippen LogP contribution in [-0.4, -0.2) is 30.4 Å². The summed E-state index contributed by atoms with van der Waals surface area (Å²) in [7, 11) is 0. The highest BCUT2D eigenvalue weighted by molar-refractivity contribution is 5.64. The van der Waals surface area contributed by atoms with Crippen molar-refractivity contribution in [2.24, 2.45) is 10.6 Å². The van der Waals surface area contributed by atoms with Crippen molar-refractivity contribution < 1.29 is 14.7 Å². The molecule has 1 aliphatic carbocycles. The van der Waals surface area contributed by atoms with Crippen molar-refractivity contribution in [1.82, 2.24) is 0 Å². The van der Waals surface area contributed by atoms with E-state index in [4.69, 9.17) is 14.7 Å². The predicted molar refractivity (Wildman–Crippen MR) is 51.5 cm³/mol. The minimum absolute atomic E-state index is 0.00924. The Hall–Kier alpha value is -0.610. The minimum atomic E-state index is -0.317. The zero-order valence-electron chi connectivity index (χ0n) is 8.53. The lowest BCUT2D eigenvalue weighted by molar-refractivity contribution is -0.185. The van der Waals surface area contributed by atoms with Gasteiger partial charge in [-0.1, -0.05) is 6.92 Å². The largest absolute Gasteiger partial charge is 0.411 e. The van der Waals surface area contributed by atoms with Crippen LogP contribution in [0.25, 0.3) is 0 Å². The maximum atomic E-state index is 8.55. The Kier molecular flexibility index (Phi) is 2.49. The van der Waals surface area contributed by atoms with E-state index in [0.717, 1.165) is 25.7 Å². The lowest BCUT2D eigenvalue weighted by atomic mass is 9.74.